The summed E-state index contributed by atoms with van der Waals surface area (Å²) >= 11 is 10.7. The van der Waals surface area contributed by atoms with Crippen LogP contribution in [-0.4, -0.2) is 5.43 Å². The fraction of sp³-hybridized carbons (Fsp3) is 0.222. The molecule has 0 saturated heterocycles. The molecule has 0 heterocycles. The van der Waals surface area contributed by atoms with Gasteiger partial charge in [-0.1, -0.05) is 0 Å². The van der Waals surface area contributed by atoms with Crippen LogP contribution in [0.1, 0.15) is 56.2 Å². The zero-order chi connectivity index (χ0) is 28.0. The van der Waals surface area contributed by atoms with Gasteiger partial charge in [0.05, 0.1) is 0 Å². The normalized spacial score (nSPS) is 17.2. The van der Waals surface area contributed by atoms with Crippen LogP contribution < -0.4 is 0 Å². The SMILES string of the molecule is CCC1=Cc2c(-c3cccc(Cl)c3)cccc2[CH]1[Zr]([CH]1C(CC)=Cc2c(-c3cccc(Cl)c3)cccc21)=[Si](C)C. The summed E-state index contributed by atoms with van der Waals surface area (Å²) in [4.78, 5) is 0. The van der Waals surface area contributed by atoms with Gasteiger partial charge in [0, 0.05) is 0 Å². The van der Waals surface area contributed by atoms with E-state index in [1.165, 1.54) is 33.4 Å². The van der Waals surface area contributed by atoms with Crippen LogP contribution in [0.5, 0.6) is 0 Å². The second kappa shape index (κ2) is 11.7. The van der Waals surface area contributed by atoms with Crippen LogP contribution in [0, 0.1) is 0 Å². The molecule has 40 heavy (non-hydrogen) atoms. The van der Waals surface area contributed by atoms with E-state index in [0.717, 1.165) is 22.9 Å². The topological polar surface area (TPSA) is 0 Å². The summed E-state index contributed by atoms with van der Waals surface area (Å²) in [7, 11) is 0. The first kappa shape index (κ1) is 28.2. The quantitative estimate of drug-likeness (QED) is 0.181. The Morgan fingerprint density at radius 2 is 1.05 bits per heavy atom. The third kappa shape index (κ3) is 5.00. The van der Waals surface area contributed by atoms with Gasteiger partial charge in [0.15, 0.2) is 0 Å². The first-order valence-corrected chi connectivity index (χ1v) is 24.0. The van der Waals surface area contributed by atoms with Crippen molar-refractivity contribution in [3.8, 4) is 22.3 Å². The second-order valence-electron chi connectivity index (χ2n) is 11.1. The van der Waals surface area contributed by atoms with Crippen molar-refractivity contribution in [2.75, 3.05) is 0 Å². The van der Waals surface area contributed by atoms with Crippen molar-refractivity contribution >= 4 is 40.8 Å². The molecule has 0 aliphatic heterocycles. The van der Waals surface area contributed by atoms with Gasteiger partial charge in [-0.15, -0.1) is 0 Å². The average Bonchev–Trinajstić information content (AvgIpc) is 3.51. The second-order valence-corrected chi connectivity index (χ2v) is 29.8. The standard InChI is InChI=1S/2C17H14Cl.C2H6Si.Zr/c2*1-2-12-9-13-6-4-8-16(17(13)10-12)14-5-3-7-15(18)11-14;1-3-2;/h2*3-11H,2H2,1H3;1-2H3;. The molecule has 2 aliphatic carbocycles. The third-order valence-electron chi connectivity index (χ3n) is 8.59. The van der Waals surface area contributed by atoms with Crippen LogP contribution >= 0.6 is 23.2 Å². The molecule has 4 aromatic carbocycles. The van der Waals surface area contributed by atoms with E-state index in [2.05, 4.69) is 112 Å². The van der Waals surface area contributed by atoms with Crippen LogP contribution in [0.15, 0.2) is 96.1 Å². The Morgan fingerprint density at radius 3 is 1.43 bits per heavy atom. The Balaban J connectivity index is 1.52. The number of halogens is 2. The van der Waals surface area contributed by atoms with Gasteiger partial charge in [-0.2, -0.15) is 0 Å². The number of benzene rings is 4. The van der Waals surface area contributed by atoms with Gasteiger partial charge in [-0.3, -0.25) is 0 Å². The molecule has 0 fully saturated rings. The molecule has 2 atom stereocenters. The van der Waals surface area contributed by atoms with Gasteiger partial charge in [0.2, 0.25) is 0 Å². The minimum absolute atomic E-state index is 0.501. The Morgan fingerprint density at radius 1 is 0.625 bits per heavy atom. The maximum atomic E-state index is 6.44. The van der Waals surface area contributed by atoms with E-state index in [0.29, 0.717) is 7.25 Å². The molecule has 0 saturated carbocycles. The van der Waals surface area contributed by atoms with Gasteiger partial charge in [-0.25, -0.2) is 0 Å². The van der Waals surface area contributed by atoms with Gasteiger partial charge in [0.1, 0.15) is 0 Å². The summed E-state index contributed by atoms with van der Waals surface area (Å²) in [5.74, 6) is 0. The molecular weight excluding hydrogens is 623 g/mol. The predicted molar refractivity (Wildman–Crippen MR) is 173 cm³/mol. The van der Waals surface area contributed by atoms with Crippen molar-refractivity contribution in [3.63, 3.8) is 0 Å². The molecule has 0 aromatic heterocycles. The Labute approximate surface area is 257 Å². The fourth-order valence-electron chi connectivity index (χ4n) is 6.84. The first-order chi connectivity index (χ1) is 19.4. The summed E-state index contributed by atoms with van der Waals surface area (Å²) in [6.45, 7) is 9.94. The molecule has 0 nitrogen and oxygen atoms in total. The van der Waals surface area contributed by atoms with E-state index in [1.54, 1.807) is 22.3 Å². The molecule has 0 N–H and O–H groups in total. The van der Waals surface area contributed by atoms with Crippen LogP contribution in [0.25, 0.3) is 34.4 Å². The average molecular weight is 657 g/mol. The Kier molecular flexibility index (Phi) is 8.26. The zero-order valence-corrected chi connectivity index (χ0v) is 28.5. The van der Waals surface area contributed by atoms with Crippen LogP contribution in [0.2, 0.25) is 23.1 Å². The van der Waals surface area contributed by atoms with E-state index in [-0.39, 0.29) is 0 Å². The third-order valence-corrected chi connectivity index (χ3v) is 28.6. The van der Waals surface area contributed by atoms with E-state index >= 15 is 0 Å². The molecule has 4 aromatic rings. The number of hydrogen-bond acceptors (Lipinski definition) is 0. The number of hydrogen-bond donors (Lipinski definition) is 0. The van der Waals surface area contributed by atoms with Crippen LogP contribution in [0.3, 0.4) is 0 Å². The molecule has 4 heteroatoms. The monoisotopic (exact) mass is 654 g/mol. The molecule has 0 amide bonds. The zero-order valence-electron chi connectivity index (χ0n) is 23.6. The molecule has 0 radical (unpaired) electrons. The van der Waals surface area contributed by atoms with Gasteiger partial charge < -0.3 is 0 Å². The molecule has 2 unspecified atom stereocenters. The van der Waals surface area contributed by atoms with Gasteiger partial charge in [-0.05, 0) is 0 Å². The van der Waals surface area contributed by atoms with E-state index < -0.39 is 25.8 Å². The van der Waals surface area contributed by atoms with Crippen molar-refractivity contribution < 1.29 is 20.4 Å². The summed E-state index contributed by atoms with van der Waals surface area (Å²) in [5, 5.41) is 1.59. The van der Waals surface area contributed by atoms with Crippen molar-refractivity contribution in [1.29, 1.82) is 0 Å². The van der Waals surface area contributed by atoms with Gasteiger partial charge >= 0.3 is 259 Å². The Hall–Kier alpha value is -1.96. The van der Waals surface area contributed by atoms with Crippen molar-refractivity contribution in [2.45, 2.75) is 47.0 Å². The first-order valence-electron chi connectivity index (χ1n) is 14.3. The molecular formula is C36H34Cl2SiZr. The van der Waals surface area contributed by atoms with E-state index in [9.17, 15) is 0 Å². The van der Waals surface area contributed by atoms with Crippen molar-refractivity contribution in [3.05, 3.63) is 128 Å². The van der Waals surface area contributed by atoms with E-state index in [4.69, 9.17) is 23.2 Å². The maximum absolute atomic E-state index is 6.44. The van der Waals surface area contributed by atoms with Crippen molar-refractivity contribution in [2.24, 2.45) is 0 Å². The van der Waals surface area contributed by atoms with Crippen LogP contribution in [0.4, 0.5) is 0 Å². The fourth-order valence-corrected chi connectivity index (χ4v) is 28.0. The number of allylic oxidation sites excluding steroid dienone is 2. The summed E-state index contributed by atoms with van der Waals surface area (Å²) < 4.78 is 1.23. The van der Waals surface area contributed by atoms with Gasteiger partial charge in [0.25, 0.3) is 0 Å². The predicted octanol–water partition coefficient (Wildman–Crippen LogP) is 11.6. The molecule has 200 valence electrons. The van der Waals surface area contributed by atoms with Crippen molar-refractivity contribution in [1.82, 2.24) is 0 Å². The summed E-state index contributed by atoms with van der Waals surface area (Å²) in [5.41, 5.74) is 13.9. The molecule has 0 spiro atoms. The number of fused-ring (bicyclic) bond motifs is 2. The van der Waals surface area contributed by atoms with Crippen LogP contribution in [-0.2, 0) is 20.4 Å². The molecule has 6 rings (SSSR count). The molecule has 0 bridgehead atoms. The summed E-state index contributed by atoms with van der Waals surface area (Å²) in [6, 6.07) is 30.7. The van der Waals surface area contributed by atoms with E-state index in [1.807, 2.05) is 12.1 Å². The Bertz CT molecular complexity index is 1600. The molecule has 2 aliphatic rings. The number of rotatable bonds is 6. The summed E-state index contributed by atoms with van der Waals surface area (Å²) in [6.07, 6.45) is 7.33. The minimum atomic E-state index is -2.17.